The number of amides is 1. The minimum atomic E-state index is -0.579. The van der Waals surface area contributed by atoms with Crippen molar-refractivity contribution in [1.82, 2.24) is 15.1 Å². The van der Waals surface area contributed by atoms with Gasteiger partial charge in [-0.15, -0.1) is 0 Å². The topological polar surface area (TPSA) is 86.4 Å². The fourth-order valence-electron chi connectivity index (χ4n) is 2.92. The molecule has 3 aromatic rings. The zero-order valence-electron chi connectivity index (χ0n) is 15.3. The van der Waals surface area contributed by atoms with Crippen LogP contribution in [0.4, 0.5) is 0 Å². The molecular weight excluding hydrogens is 334 g/mol. The fourth-order valence-corrected chi connectivity index (χ4v) is 2.92. The van der Waals surface area contributed by atoms with E-state index in [1.54, 1.807) is 22.9 Å². The van der Waals surface area contributed by atoms with Gasteiger partial charge in [0.25, 0.3) is 5.91 Å². The number of aryl methyl sites for hydroxylation is 2. The van der Waals surface area contributed by atoms with E-state index in [-0.39, 0.29) is 11.5 Å². The lowest BCUT2D eigenvalue weighted by molar-refractivity contribution is 0.0952. The number of ether oxygens (including phenoxy) is 1. The van der Waals surface area contributed by atoms with Gasteiger partial charge in [0.15, 0.2) is 0 Å². The molecule has 1 amide bonds. The van der Waals surface area contributed by atoms with Crippen LogP contribution >= 0.6 is 0 Å². The number of hydrogen-bond acceptors (Lipinski definition) is 5. The minimum Gasteiger partial charge on any atom is -0.494 e. The summed E-state index contributed by atoms with van der Waals surface area (Å²) in [5.41, 5.74) is 2.84. The quantitative estimate of drug-likeness (QED) is 0.711. The second-order valence-electron chi connectivity index (χ2n) is 6.03. The SMILES string of the molecule is CCOc1ccc2c(C(=O)NCc3c(C)nn(C)c3C)cc(=O)oc2c1. The molecule has 1 aromatic carbocycles. The highest BCUT2D eigenvalue weighted by Crippen LogP contribution is 2.23. The maximum atomic E-state index is 12.7. The fraction of sp³-hybridized carbons (Fsp3) is 0.316. The Morgan fingerprint density at radius 3 is 2.73 bits per heavy atom. The summed E-state index contributed by atoms with van der Waals surface area (Å²) in [4.78, 5) is 24.5. The van der Waals surface area contributed by atoms with Crippen LogP contribution in [0.15, 0.2) is 33.5 Å². The maximum absolute atomic E-state index is 12.7. The van der Waals surface area contributed by atoms with E-state index in [2.05, 4.69) is 10.4 Å². The second kappa shape index (κ2) is 7.03. The van der Waals surface area contributed by atoms with Gasteiger partial charge in [-0.2, -0.15) is 5.10 Å². The number of carbonyl (C=O) groups excluding carboxylic acids is 1. The maximum Gasteiger partial charge on any atom is 0.337 e. The predicted molar refractivity (Wildman–Crippen MR) is 97.5 cm³/mol. The number of rotatable bonds is 5. The van der Waals surface area contributed by atoms with Crippen molar-refractivity contribution in [3.8, 4) is 5.75 Å². The van der Waals surface area contributed by atoms with Crippen LogP contribution in [-0.4, -0.2) is 22.3 Å². The first-order chi connectivity index (χ1) is 12.4. The molecule has 0 aliphatic carbocycles. The zero-order chi connectivity index (χ0) is 18.8. The average molecular weight is 355 g/mol. The molecule has 0 unspecified atom stereocenters. The lowest BCUT2D eigenvalue weighted by atomic mass is 10.1. The largest absolute Gasteiger partial charge is 0.494 e. The van der Waals surface area contributed by atoms with Gasteiger partial charge in [-0.1, -0.05) is 0 Å². The van der Waals surface area contributed by atoms with Crippen molar-refractivity contribution in [3.05, 3.63) is 57.2 Å². The highest BCUT2D eigenvalue weighted by molar-refractivity contribution is 6.05. The second-order valence-corrected chi connectivity index (χ2v) is 6.03. The summed E-state index contributed by atoms with van der Waals surface area (Å²) >= 11 is 0. The molecule has 0 bridgehead atoms. The van der Waals surface area contributed by atoms with E-state index in [0.29, 0.717) is 29.9 Å². The summed E-state index contributed by atoms with van der Waals surface area (Å²) in [5.74, 6) is 0.247. The van der Waals surface area contributed by atoms with Gasteiger partial charge >= 0.3 is 5.63 Å². The van der Waals surface area contributed by atoms with Crippen LogP contribution in [0, 0.1) is 13.8 Å². The molecule has 2 heterocycles. The first-order valence-corrected chi connectivity index (χ1v) is 8.38. The first kappa shape index (κ1) is 17.7. The van der Waals surface area contributed by atoms with E-state index in [0.717, 1.165) is 17.0 Å². The molecule has 0 spiro atoms. The van der Waals surface area contributed by atoms with Crippen molar-refractivity contribution in [2.45, 2.75) is 27.3 Å². The van der Waals surface area contributed by atoms with E-state index < -0.39 is 5.63 Å². The molecule has 0 atom stereocenters. The van der Waals surface area contributed by atoms with Crippen molar-refractivity contribution >= 4 is 16.9 Å². The third kappa shape index (κ3) is 3.33. The monoisotopic (exact) mass is 355 g/mol. The van der Waals surface area contributed by atoms with E-state index >= 15 is 0 Å². The Morgan fingerprint density at radius 2 is 2.08 bits per heavy atom. The highest BCUT2D eigenvalue weighted by atomic mass is 16.5. The Kier molecular flexibility index (Phi) is 4.79. The van der Waals surface area contributed by atoms with Gasteiger partial charge < -0.3 is 14.5 Å². The van der Waals surface area contributed by atoms with E-state index in [9.17, 15) is 9.59 Å². The van der Waals surface area contributed by atoms with E-state index in [1.165, 1.54) is 6.07 Å². The van der Waals surface area contributed by atoms with Gasteiger partial charge in [-0.3, -0.25) is 9.48 Å². The molecule has 7 nitrogen and oxygen atoms in total. The molecule has 0 fully saturated rings. The zero-order valence-corrected chi connectivity index (χ0v) is 15.3. The first-order valence-electron chi connectivity index (χ1n) is 8.38. The average Bonchev–Trinajstić information content (AvgIpc) is 2.84. The standard InChI is InChI=1S/C19H21N3O4/c1-5-25-13-6-7-14-15(9-18(23)26-17(14)8-13)19(24)20-10-16-11(2)21-22(4)12(16)3/h6-9H,5,10H2,1-4H3,(H,20,24). The van der Waals surface area contributed by atoms with Crippen molar-refractivity contribution < 1.29 is 13.9 Å². The Morgan fingerprint density at radius 1 is 1.31 bits per heavy atom. The molecule has 2 aromatic heterocycles. The highest BCUT2D eigenvalue weighted by Gasteiger charge is 2.16. The van der Waals surface area contributed by atoms with Crippen LogP contribution in [-0.2, 0) is 13.6 Å². The Labute approximate surface area is 150 Å². The minimum absolute atomic E-state index is 0.276. The molecule has 0 radical (unpaired) electrons. The van der Waals surface area contributed by atoms with Crippen LogP contribution in [0.1, 0.15) is 34.2 Å². The van der Waals surface area contributed by atoms with Gasteiger partial charge in [0, 0.05) is 42.4 Å². The molecule has 1 N–H and O–H groups in total. The van der Waals surface area contributed by atoms with E-state index in [4.69, 9.17) is 9.15 Å². The smallest absolute Gasteiger partial charge is 0.337 e. The van der Waals surface area contributed by atoms with Gasteiger partial charge in [0.1, 0.15) is 11.3 Å². The Balaban J connectivity index is 1.91. The number of fused-ring (bicyclic) bond motifs is 1. The molecule has 0 saturated carbocycles. The summed E-state index contributed by atoms with van der Waals surface area (Å²) in [6.07, 6.45) is 0. The normalized spacial score (nSPS) is 10.9. The van der Waals surface area contributed by atoms with Crippen molar-refractivity contribution in [2.75, 3.05) is 6.61 Å². The van der Waals surface area contributed by atoms with Crippen molar-refractivity contribution in [3.63, 3.8) is 0 Å². The lowest BCUT2D eigenvalue weighted by Crippen LogP contribution is -2.24. The van der Waals surface area contributed by atoms with Gasteiger partial charge in [-0.25, -0.2) is 4.79 Å². The molecule has 0 aliphatic heterocycles. The summed E-state index contributed by atoms with van der Waals surface area (Å²) < 4.78 is 12.4. The number of nitrogens with one attached hydrogen (secondary N) is 1. The number of aromatic nitrogens is 2. The van der Waals surface area contributed by atoms with Crippen LogP contribution in [0.2, 0.25) is 0 Å². The summed E-state index contributed by atoms with van der Waals surface area (Å²) in [5, 5.41) is 7.76. The van der Waals surface area contributed by atoms with Crippen LogP contribution in [0.3, 0.4) is 0 Å². The number of benzene rings is 1. The molecule has 0 aliphatic rings. The summed E-state index contributed by atoms with van der Waals surface area (Å²) in [6, 6.07) is 6.30. The predicted octanol–water partition coefficient (Wildman–Crippen LogP) is 2.47. The third-order valence-corrected chi connectivity index (χ3v) is 4.36. The number of hydrogen-bond donors (Lipinski definition) is 1. The van der Waals surface area contributed by atoms with Crippen molar-refractivity contribution in [1.29, 1.82) is 0 Å². The summed E-state index contributed by atoms with van der Waals surface area (Å²) in [7, 11) is 1.86. The van der Waals surface area contributed by atoms with Gasteiger partial charge in [0.2, 0.25) is 0 Å². The molecule has 26 heavy (non-hydrogen) atoms. The lowest BCUT2D eigenvalue weighted by Gasteiger charge is -2.09. The molecule has 7 heteroatoms. The number of carbonyl (C=O) groups is 1. The molecule has 0 saturated heterocycles. The third-order valence-electron chi connectivity index (χ3n) is 4.36. The molecule has 3 rings (SSSR count). The Hall–Kier alpha value is -3.09. The van der Waals surface area contributed by atoms with Crippen LogP contribution < -0.4 is 15.7 Å². The molecule has 136 valence electrons. The molecular formula is C19H21N3O4. The van der Waals surface area contributed by atoms with Crippen LogP contribution in [0.25, 0.3) is 11.0 Å². The van der Waals surface area contributed by atoms with E-state index in [1.807, 2.05) is 27.8 Å². The Bertz CT molecular complexity index is 1030. The number of nitrogens with zero attached hydrogens (tertiary/aromatic N) is 2. The van der Waals surface area contributed by atoms with Gasteiger partial charge in [0.05, 0.1) is 17.9 Å². The van der Waals surface area contributed by atoms with Crippen molar-refractivity contribution in [2.24, 2.45) is 7.05 Å². The van der Waals surface area contributed by atoms with Crippen LogP contribution in [0.5, 0.6) is 5.75 Å². The summed E-state index contributed by atoms with van der Waals surface area (Å²) in [6.45, 7) is 6.55. The van der Waals surface area contributed by atoms with Gasteiger partial charge in [-0.05, 0) is 32.9 Å².